The van der Waals surface area contributed by atoms with Gasteiger partial charge >= 0.3 is 0 Å². The average molecular weight is 127 g/mol. The number of rotatable bonds is 1. The van der Waals surface area contributed by atoms with E-state index in [0.29, 0.717) is 5.54 Å². The molecule has 0 amide bonds. The fourth-order valence-corrected chi connectivity index (χ4v) is 1.42. The normalized spacial score (nSPS) is 36.7. The Morgan fingerprint density at radius 3 is 2.56 bits per heavy atom. The van der Waals surface area contributed by atoms with Gasteiger partial charge in [-0.15, -0.1) is 0 Å². The Bertz CT molecular complexity index is 82.6. The Morgan fingerprint density at radius 2 is 2.22 bits per heavy atom. The lowest BCUT2D eigenvalue weighted by molar-refractivity contribution is 0.270. The standard InChI is InChI=1S/C8H17N/c1-3-8(2)6-4-5-7-9-8/h9H,3-7H2,1-2H3. The van der Waals surface area contributed by atoms with Crippen molar-refractivity contribution in [3.05, 3.63) is 0 Å². The van der Waals surface area contributed by atoms with Crippen LogP contribution in [0, 0.1) is 0 Å². The van der Waals surface area contributed by atoms with Crippen LogP contribution in [-0.4, -0.2) is 12.1 Å². The van der Waals surface area contributed by atoms with Crippen LogP contribution < -0.4 is 5.32 Å². The van der Waals surface area contributed by atoms with E-state index in [1.807, 2.05) is 0 Å². The molecule has 1 saturated heterocycles. The third-order valence-electron chi connectivity index (χ3n) is 2.49. The molecule has 1 aliphatic heterocycles. The lowest BCUT2D eigenvalue weighted by Crippen LogP contribution is -2.45. The van der Waals surface area contributed by atoms with Gasteiger partial charge in [0.05, 0.1) is 0 Å². The maximum absolute atomic E-state index is 3.55. The van der Waals surface area contributed by atoms with E-state index in [4.69, 9.17) is 0 Å². The van der Waals surface area contributed by atoms with E-state index in [2.05, 4.69) is 19.2 Å². The van der Waals surface area contributed by atoms with Crippen molar-refractivity contribution in [3.63, 3.8) is 0 Å². The molecule has 0 bridgehead atoms. The van der Waals surface area contributed by atoms with Crippen molar-refractivity contribution in [1.29, 1.82) is 0 Å². The maximum Gasteiger partial charge on any atom is 0.0150 e. The second-order valence-corrected chi connectivity index (χ2v) is 3.30. The third kappa shape index (κ3) is 1.68. The van der Waals surface area contributed by atoms with E-state index in [1.165, 1.54) is 32.2 Å². The molecule has 0 aromatic rings. The molecule has 1 nitrogen and oxygen atoms in total. The molecule has 1 heteroatoms. The molecule has 54 valence electrons. The van der Waals surface area contributed by atoms with Crippen molar-refractivity contribution < 1.29 is 0 Å². The number of hydrogen-bond acceptors (Lipinski definition) is 1. The Morgan fingerprint density at radius 1 is 1.44 bits per heavy atom. The molecule has 0 aromatic carbocycles. The van der Waals surface area contributed by atoms with Crippen LogP contribution in [0.3, 0.4) is 0 Å². The summed E-state index contributed by atoms with van der Waals surface area (Å²) in [5.74, 6) is 0. The first-order valence-electron chi connectivity index (χ1n) is 4.02. The zero-order chi connectivity index (χ0) is 6.74. The van der Waals surface area contributed by atoms with Gasteiger partial charge in [0.2, 0.25) is 0 Å². The first kappa shape index (κ1) is 7.07. The Labute approximate surface area is 57.8 Å². The third-order valence-corrected chi connectivity index (χ3v) is 2.49. The van der Waals surface area contributed by atoms with Crippen LogP contribution in [0.2, 0.25) is 0 Å². The van der Waals surface area contributed by atoms with E-state index in [0.717, 1.165) is 0 Å². The molecule has 0 spiro atoms. The van der Waals surface area contributed by atoms with Crippen molar-refractivity contribution >= 4 is 0 Å². The summed E-state index contributed by atoms with van der Waals surface area (Å²) >= 11 is 0. The minimum absolute atomic E-state index is 0.470. The van der Waals surface area contributed by atoms with Gasteiger partial charge in [-0.3, -0.25) is 0 Å². The molecule has 1 atom stereocenters. The summed E-state index contributed by atoms with van der Waals surface area (Å²) in [6.07, 6.45) is 5.42. The van der Waals surface area contributed by atoms with E-state index in [-0.39, 0.29) is 0 Å². The predicted molar refractivity (Wildman–Crippen MR) is 40.5 cm³/mol. The molecule has 1 rings (SSSR count). The highest BCUT2D eigenvalue weighted by Gasteiger charge is 2.22. The molecule has 9 heavy (non-hydrogen) atoms. The van der Waals surface area contributed by atoms with Gasteiger partial charge in [-0.25, -0.2) is 0 Å². The van der Waals surface area contributed by atoms with Gasteiger partial charge in [0.15, 0.2) is 0 Å². The molecular weight excluding hydrogens is 110 g/mol. The highest BCUT2D eigenvalue weighted by Crippen LogP contribution is 2.20. The fourth-order valence-electron chi connectivity index (χ4n) is 1.42. The molecular formula is C8H17N. The summed E-state index contributed by atoms with van der Waals surface area (Å²) in [6.45, 7) is 5.81. The first-order chi connectivity index (χ1) is 4.27. The zero-order valence-corrected chi connectivity index (χ0v) is 6.54. The molecule has 1 heterocycles. The maximum atomic E-state index is 3.55. The highest BCUT2D eigenvalue weighted by atomic mass is 15.0. The zero-order valence-electron chi connectivity index (χ0n) is 6.54. The van der Waals surface area contributed by atoms with Gasteiger partial charge in [0, 0.05) is 5.54 Å². The number of hydrogen-bond donors (Lipinski definition) is 1. The van der Waals surface area contributed by atoms with E-state index in [1.54, 1.807) is 0 Å². The van der Waals surface area contributed by atoms with Crippen LogP contribution in [0.5, 0.6) is 0 Å². The van der Waals surface area contributed by atoms with E-state index >= 15 is 0 Å². The van der Waals surface area contributed by atoms with Crippen LogP contribution in [0.4, 0.5) is 0 Å². The van der Waals surface area contributed by atoms with E-state index in [9.17, 15) is 0 Å². The van der Waals surface area contributed by atoms with Crippen LogP contribution in [0.15, 0.2) is 0 Å². The van der Waals surface area contributed by atoms with Crippen molar-refractivity contribution in [1.82, 2.24) is 5.32 Å². The van der Waals surface area contributed by atoms with Crippen LogP contribution in [0.25, 0.3) is 0 Å². The molecule has 0 saturated carbocycles. The molecule has 1 fully saturated rings. The van der Waals surface area contributed by atoms with Gasteiger partial charge in [-0.2, -0.15) is 0 Å². The lowest BCUT2D eigenvalue weighted by atomic mass is 9.89. The fraction of sp³-hybridized carbons (Fsp3) is 1.00. The monoisotopic (exact) mass is 127 g/mol. The minimum Gasteiger partial charge on any atom is -0.312 e. The first-order valence-corrected chi connectivity index (χ1v) is 4.02. The number of piperidine rings is 1. The quantitative estimate of drug-likeness (QED) is 0.567. The smallest absolute Gasteiger partial charge is 0.0150 e. The average Bonchev–Trinajstić information content (AvgIpc) is 1.90. The summed E-state index contributed by atoms with van der Waals surface area (Å²) in [5.41, 5.74) is 0.470. The van der Waals surface area contributed by atoms with Crippen molar-refractivity contribution in [2.24, 2.45) is 0 Å². The largest absolute Gasteiger partial charge is 0.312 e. The van der Waals surface area contributed by atoms with Crippen LogP contribution in [-0.2, 0) is 0 Å². The summed E-state index contributed by atoms with van der Waals surface area (Å²) < 4.78 is 0. The lowest BCUT2D eigenvalue weighted by Gasteiger charge is -2.33. The summed E-state index contributed by atoms with van der Waals surface area (Å²) in [5, 5.41) is 3.55. The SMILES string of the molecule is CCC1(C)CCCCN1. The second kappa shape index (κ2) is 2.70. The van der Waals surface area contributed by atoms with Crippen molar-refractivity contribution in [2.45, 2.75) is 45.1 Å². The van der Waals surface area contributed by atoms with Crippen LogP contribution in [0.1, 0.15) is 39.5 Å². The van der Waals surface area contributed by atoms with Gasteiger partial charge in [-0.05, 0) is 32.7 Å². The number of nitrogens with one attached hydrogen (secondary N) is 1. The molecule has 0 aliphatic carbocycles. The molecule has 1 aliphatic rings. The summed E-state index contributed by atoms with van der Waals surface area (Å²) in [7, 11) is 0. The highest BCUT2D eigenvalue weighted by molar-refractivity contribution is 4.84. The Kier molecular flexibility index (Phi) is 2.12. The molecule has 0 aromatic heterocycles. The Hall–Kier alpha value is -0.0400. The molecule has 1 N–H and O–H groups in total. The summed E-state index contributed by atoms with van der Waals surface area (Å²) in [4.78, 5) is 0. The van der Waals surface area contributed by atoms with Crippen molar-refractivity contribution in [2.75, 3.05) is 6.54 Å². The molecule has 0 radical (unpaired) electrons. The van der Waals surface area contributed by atoms with Crippen molar-refractivity contribution in [3.8, 4) is 0 Å². The van der Waals surface area contributed by atoms with Gasteiger partial charge in [0.25, 0.3) is 0 Å². The Balaban J connectivity index is 2.37. The van der Waals surface area contributed by atoms with Crippen LogP contribution >= 0.6 is 0 Å². The van der Waals surface area contributed by atoms with Gasteiger partial charge in [0.1, 0.15) is 0 Å². The minimum atomic E-state index is 0.470. The summed E-state index contributed by atoms with van der Waals surface area (Å²) in [6, 6.07) is 0. The van der Waals surface area contributed by atoms with Gasteiger partial charge in [-0.1, -0.05) is 13.3 Å². The topological polar surface area (TPSA) is 12.0 Å². The van der Waals surface area contributed by atoms with E-state index < -0.39 is 0 Å². The molecule has 1 unspecified atom stereocenters. The predicted octanol–water partition coefficient (Wildman–Crippen LogP) is 1.93. The van der Waals surface area contributed by atoms with Gasteiger partial charge < -0.3 is 5.32 Å². The second-order valence-electron chi connectivity index (χ2n) is 3.30.